The van der Waals surface area contributed by atoms with E-state index < -0.39 is 10.0 Å². The number of hydrogen-bond acceptors (Lipinski definition) is 4. The van der Waals surface area contributed by atoms with Crippen molar-refractivity contribution >= 4 is 63.3 Å². The summed E-state index contributed by atoms with van der Waals surface area (Å²) in [6.45, 7) is 1.27. The molecule has 0 bridgehead atoms. The van der Waals surface area contributed by atoms with Gasteiger partial charge < -0.3 is 10.6 Å². The quantitative estimate of drug-likeness (QED) is 0.165. The maximum atomic E-state index is 11.2. The summed E-state index contributed by atoms with van der Waals surface area (Å²) in [6.07, 6.45) is 0. The normalized spacial score (nSPS) is 11.6. The number of rotatable bonds is 7. The van der Waals surface area contributed by atoms with Gasteiger partial charge in [-0.3, -0.25) is 4.99 Å². The molecule has 0 aliphatic rings. The Morgan fingerprint density at radius 3 is 2.30 bits per heavy atom. The van der Waals surface area contributed by atoms with Crippen LogP contribution in [0.5, 0.6) is 0 Å². The van der Waals surface area contributed by atoms with Crippen molar-refractivity contribution in [2.24, 2.45) is 10.1 Å². The molecule has 0 aliphatic carbocycles. The molecule has 0 aliphatic heterocycles. The lowest BCUT2D eigenvalue weighted by molar-refractivity contribution is 0.597. The second-order valence-corrected chi connectivity index (χ2v) is 8.51. The van der Waals surface area contributed by atoms with Crippen LogP contribution < -0.4 is 15.8 Å². The molecule has 2 rings (SSSR count). The van der Waals surface area contributed by atoms with E-state index in [1.165, 1.54) is 12.1 Å². The highest BCUT2D eigenvalue weighted by molar-refractivity contribution is 14.0. The Morgan fingerprint density at radius 2 is 1.74 bits per heavy atom. The first kappa shape index (κ1) is 24.0. The summed E-state index contributed by atoms with van der Waals surface area (Å²) >= 11 is 7.60. The topological polar surface area (TPSA) is 96.6 Å². The third-order valence-corrected chi connectivity index (χ3v) is 5.61. The molecule has 4 N–H and O–H groups in total. The van der Waals surface area contributed by atoms with Crippen molar-refractivity contribution in [2.45, 2.75) is 16.3 Å². The molecule has 2 aromatic carbocycles. The standard InChI is InChI=1S/C17H21ClN4O2S2.HI/c1-20-17(21-10-11-25-15-6-4-14(18)5-7-15)22-12-13-2-8-16(9-3-13)26(19,23)24;/h2-9H,10-12H2,1H3,(H2,19,23,24)(H2,20,21,22);1H. The van der Waals surface area contributed by atoms with Gasteiger partial charge in [-0.15, -0.1) is 35.7 Å². The zero-order chi connectivity index (χ0) is 19.0. The van der Waals surface area contributed by atoms with E-state index in [2.05, 4.69) is 15.6 Å². The number of guanidine groups is 1. The van der Waals surface area contributed by atoms with Gasteiger partial charge in [0.2, 0.25) is 10.0 Å². The highest BCUT2D eigenvalue weighted by Gasteiger charge is 2.06. The molecular weight excluding hydrogens is 519 g/mol. The Kier molecular flexibility index (Phi) is 10.5. The summed E-state index contributed by atoms with van der Waals surface area (Å²) in [5.74, 6) is 1.56. The van der Waals surface area contributed by atoms with Crippen molar-refractivity contribution in [1.82, 2.24) is 10.6 Å². The molecule has 0 fully saturated rings. The van der Waals surface area contributed by atoms with Gasteiger partial charge in [0, 0.05) is 35.8 Å². The first-order chi connectivity index (χ1) is 12.4. The van der Waals surface area contributed by atoms with Crippen molar-refractivity contribution in [3.05, 3.63) is 59.1 Å². The Hall–Kier alpha value is -1.01. The van der Waals surface area contributed by atoms with E-state index >= 15 is 0 Å². The number of primary sulfonamides is 1. The Balaban J connectivity index is 0.00000364. The number of aliphatic imine (C=N–C) groups is 1. The molecule has 148 valence electrons. The molecule has 0 atom stereocenters. The summed E-state index contributed by atoms with van der Waals surface area (Å²) < 4.78 is 22.5. The highest BCUT2D eigenvalue weighted by Crippen LogP contribution is 2.19. The summed E-state index contributed by atoms with van der Waals surface area (Å²) in [4.78, 5) is 5.43. The van der Waals surface area contributed by atoms with E-state index in [1.807, 2.05) is 24.3 Å². The van der Waals surface area contributed by atoms with Crippen LogP contribution in [0.4, 0.5) is 0 Å². The molecule has 2 aromatic rings. The van der Waals surface area contributed by atoms with E-state index in [-0.39, 0.29) is 28.9 Å². The molecule has 10 heteroatoms. The van der Waals surface area contributed by atoms with Gasteiger partial charge in [-0.25, -0.2) is 13.6 Å². The van der Waals surface area contributed by atoms with Crippen LogP contribution in [0.3, 0.4) is 0 Å². The molecule has 0 saturated heterocycles. The van der Waals surface area contributed by atoms with Crippen molar-refractivity contribution in [3.63, 3.8) is 0 Å². The third-order valence-electron chi connectivity index (χ3n) is 3.41. The number of halogens is 2. The zero-order valence-corrected chi connectivity index (χ0v) is 19.4. The first-order valence-corrected chi connectivity index (χ1v) is 10.7. The van der Waals surface area contributed by atoms with Crippen molar-refractivity contribution < 1.29 is 8.42 Å². The minimum Gasteiger partial charge on any atom is -0.356 e. The summed E-state index contributed by atoms with van der Waals surface area (Å²) in [5, 5.41) is 12.2. The first-order valence-electron chi connectivity index (χ1n) is 7.83. The maximum Gasteiger partial charge on any atom is 0.238 e. The fourth-order valence-electron chi connectivity index (χ4n) is 2.07. The van der Waals surface area contributed by atoms with Gasteiger partial charge in [0.25, 0.3) is 0 Å². The number of nitrogens with one attached hydrogen (secondary N) is 2. The number of nitrogens with two attached hydrogens (primary N) is 1. The SMILES string of the molecule is CN=C(NCCSc1ccc(Cl)cc1)NCc1ccc(S(N)(=O)=O)cc1.I. The van der Waals surface area contributed by atoms with E-state index in [0.29, 0.717) is 12.5 Å². The molecule has 0 saturated carbocycles. The third kappa shape index (κ3) is 8.69. The van der Waals surface area contributed by atoms with Crippen molar-refractivity contribution in [2.75, 3.05) is 19.3 Å². The van der Waals surface area contributed by atoms with E-state index in [1.54, 1.807) is 30.9 Å². The number of thioether (sulfide) groups is 1. The average Bonchev–Trinajstić information content (AvgIpc) is 2.62. The molecule has 0 spiro atoms. The minimum absolute atomic E-state index is 0. The fourth-order valence-corrected chi connectivity index (χ4v) is 3.48. The molecule has 0 radical (unpaired) electrons. The maximum absolute atomic E-state index is 11.2. The summed E-state index contributed by atoms with van der Waals surface area (Å²) in [5.41, 5.74) is 0.927. The van der Waals surface area contributed by atoms with Crippen LogP contribution in [-0.2, 0) is 16.6 Å². The smallest absolute Gasteiger partial charge is 0.238 e. The minimum atomic E-state index is -3.66. The van der Waals surface area contributed by atoms with Crippen LogP contribution in [0, 0.1) is 0 Å². The van der Waals surface area contributed by atoms with Crippen LogP contribution in [0.1, 0.15) is 5.56 Å². The van der Waals surface area contributed by atoms with Crippen LogP contribution >= 0.6 is 47.3 Å². The zero-order valence-electron chi connectivity index (χ0n) is 14.7. The Bertz CT molecular complexity index is 844. The highest BCUT2D eigenvalue weighted by atomic mass is 127. The van der Waals surface area contributed by atoms with E-state index in [4.69, 9.17) is 16.7 Å². The number of sulfonamides is 1. The fraction of sp³-hybridized carbons (Fsp3) is 0.235. The van der Waals surface area contributed by atoms with Gasteiger partial charge in [-0.2, -0.15) is 0 Å². The number of hydrogen-bond donors (Lipinski definition) is 3. The molecule has 0 aromatic heterocycles. The lowest BCUT2D eigenvalue weighted by atomic mass is 10.2. The molecular formula is C17H22ClIN4O2S2. The van der Waals surface area contributed by atoms with E-state index in [0.717, 1.165) is 27.8 Å². The number of benzene rings is 2. The Morgan fingerprint density at radius 1 is 1.11 bits per heavy atom. The summed E-state index contributed by atoms with van der Waals surface area (Å²) in [7, 11) is -1.96. The van der Waals surface area contributed by atoms with Gasteiger partial charge in [0.05, 0.1) is 4.90 Å². The van der Waals surface area contributed by atoms with Crippen molar-refractivity contribution in [3.8, 4) is 0 Å². The van der Waals surface area contributed by atoms with Gasteiger partial charge in [0.15, 0.2) is 5.96 Å². The van der Waals surface area contributed by atoms with Gasteiger partial charge in [0.1, 0.15) is 0 Å². The van der Waals surface area contributed by atoms with Gasteiger partial charge in [-0.05, 0) is 42.0 Å². The molecule has 0 amide bonds. The lowest BCUT2D eigenvalue weighted by Gasteiger charge is -2.12. The molecule has 0 heterocycles. The van der Waals surface area contributed by atoms with Gasteiger partial charge in [-0.1, -0.05) is 23.7 Å². The van der Waals surface area contributed by atoms with Crippen LogP contribution in [0.25, 0.3) is 0 Å². The molecule has 27 heavy (non-hydrogen) atoms. The van der Waals surface area contributed by atoms with E-state index in [9.17, 15) is 8.42 Å². The Labute approximate surface area is 186 Å². The molecule has 0 unspecified atom stereocenters. The molecule has 6 nitrogen and oxygen atoms in total. The second-order valence-electron chi connectivity index (χ2n) is 5.34. The summed E-state index contributed by atoms with van der Waals surface area (Å²) in [6, 6.07) is 14.2. The average molecular weight is 541 g/mol. The van der Waals surface area contributed by atoms with Crippen LogP contribution in [0.15, 0.2) is 63.3 Å². The largest absolute Gasteiger partial charge is 0.356 e. The van der Waals surface area contributed by atoms with Crippen LogP contribution in [-0.4, -0.2) is 33.7 Å². The van der Waals surface area contributed by atoms with Gasteiger partial charge >= 0.3 is 0 Å². The number of nitrogens with zero attached hydrogens (tertiary/aromatic N) is 1. The second kappa shape index (κ2) is 11.7. The monoisotopic (exact) mass is 540 g/mol. The lowest BCUT2D eigenvalue weighted by Crippen LogP contribution is -2.37. The predicted octanol–water partition coefficient (Wildman–Crippen LogP) is 3.06. The predicted molar refractivity (Wildman–Crippen MR) is 124 cm³/mol. The van der Waals surface area contributed by atoms with Crippen LogP contribution in [0.2, 0.25) is 5.02 Å². The van der Waals surface area contributed by atoms with Crippen molar-refractivity contribution in [1.29, 1.82) is 0 Å².